The van der Waals surface area contributed by atoms with Gasteiger partial charge < -0.3 is 16.2 Å². The zero-order valence-electron chi connectivity index (χ0n) is 9.34. The number of aromatic nitrogens is 1. The molecule has 0 amide bonds. The van der Waals surface area contributed by atoms with E-state index < -0.39 is 0 Å². The van der Waals surface area contributed by atoms with E-state index in [1.807, 2.05) is 18.2 Å². The topological polar surface area (TPSA) is 74.2 Å². The van der Waals surface area contributed by atoms with Gasteiger partial charge in [0.05, 0.1) is 12.5 Å². The van der Waals surface area contributed by atoms with Gasteiger partial charge in [0.1, 0.15) is 11.6 Å². The Morgan fingerprint density at radius 1 is 1.29 bits per heavy atom. The summed E-state index contributed by atoms with van der Waals surface area (Å²) in [7, 11) is 1.61. The lowest BCUT2D eigenvalue weighted by Crippen LogP contribution is -1.99. The standard InChI is InChI=1S/C11H13N3O.2ClH/c1-15-9-5-7(6-12)4-8-2-3-14-11(13)10(8)9;;/h2-5H,6,12H2,1H3,(H2,13,14);2*1H. The number of ether oxygens (including phenoxy) is 1. The second-order valence-electron chi connectivity index (χ2n) is 3.30. The summed E-state index contributed by atoms with van der Waals surface area (Å²) < 4.78 is 5.28. The summed E-state index contributed by atoms with van der Waals surface area (Å²) in [6.07, 6.45) is 1.68. The first-order valence-corrected chi connectivity index (χ1v) is 4.67. The number of methoxy groups -OCH3 is 1. The molecular formula is C11H15Cl2N3O. The lowest BCUT2D eigenvalue weighted by atomic mass is 10.1. The van der Waals surface area contributed by atoms with E-state index >= 15 is 0 Å². The number of nitrogens with zero attached hydrogens (tertiary/aromatic N) is 1. The van der Waals surface area contributed by atoms with Crippen molar-refractivity contribution in [2.24, 2.45) is 5.73 Å². The van der Waals surface area contributed by atoms with Gasteiger partial charge in [0.15, 0.2) is 0 Å². The van der Waals surface area contributed by atoms with Crippen LogP contribution in [0.25, 0.3) is 10.8 Å². The van der Waals surface area contributed by atoms with E-state index in [0.717, 1.165) is 22.1 Å². The van der Waals surface area contributed by atoms with Crippen molar-refractivity contribution >= 4 is 41.4 Å². The number of benzene rings is 1. The molecule has 0 unspecified atom stereocenters. The Kier molecular flexibility index (Phi) is 6.02. The van der Waals surface area contributed by atoms with Crippen LogP contribution in [0.15, 0.2) is 24.4 Å². The van der Waals surface area contributed by atoms with E-state index in [1.165, 1.54) is 0 Å². The molecule has 0 saturated carbocycles. The minimum atomic E-state index is 0. The first-order chi connectivity index (χ1) is 7.26. The van der Waals surface area contributed by atoms with Crippen molar-refractivity contribution in [2.45, 2.75) is 6.54 Å². The van der Waals surface area contributed by atoms with Gasteiger partial charge in [-0.25, -0.2) is 4.98 Å². The number of fused-ring (bicyclic) bond motifs is 1. The molecule has 0 saturated heterocycles. The first-order valence-electron chi connectivity index (χ1n) is 4.67. The number of nitrogens with two attached hydrogens (primary N) is 2. The molecule has 0 fully saturated rings. The molecule has 1 aromatic heterocycles. The van der Waals surface area contributed by atoms with Gasteiger partial charge in [0, 0.05) is 12.7 Å². The lowest BCUT2D eigenvalue weighted by molar-refractivity contribution is 0.419. The molecule has 1 heterocycles. The highest BCUT2D eigenvalue weighted by atomic mass is 35.5. The summed E-state index contributed by atoms with van der Waals surface area (Å²) in [4.78, 5) is 4.04. The third kappa shape index (κ3) is 2.91. The summed E-state index contributed by atoms with van der Waals surface area (Å²) >= 11 is 0. The highest BCUT2D eigenvalue weighted by molar-refractivity contribution is 5.96. The molecule has 0 bridgehead atoms. The minimum absolute atomic E-state index is 0. The van der Waals surface area contributed by atoms with Crippen LogP contribution in [0.5, 0.6) is 5.75 Å². The van der Waals surface area contributed by atoms with Gasteiger partial charge in [-0.05, 0) is 29.1 Å². The Balaban J connectivity index is 0.00000128. The Hall–Kier alpha value is -1.23. The predicted octanol–water partition coefficient (Wildman–Crippen LogP) is 2.13. The molecule has 0 aliphatic carbocycles. The number of hydrogen-bond donors (Lipinski definition) is 2. The second-order valence-corrected chi connectivity index (χ2v) is 3.30. The molecule has 17 heavy (non-hydrogen) atoms. The molecule has 0 atom stereocenters. The fourth-order valence-electron chi connectivity index (χ4n) is 1.64. The van der Waals surface area contributed by atoms with Crippen molar-refractivity contribution in [3.05, 3.63) is 30.0 Å². The smallest absolute Gasteiger partial charge is 0.134 e. The fourth-order valence-corrected chi connectivity index (χ4v) is 1.64. The van der Waals surface area contributed by atoms with Gasteiger partial charge in [-0.3, -0.25) is 0 Å². The van der Waals surface area contributed by atoms with Crippen molar-refractivity contribution in [2.75, 3.05) is 12.8 Å². The Labute approximate surface area is 112 Å². The van der Waals surface area contributed by atoms with Crippen LogP contribution in [-0.4, -0.2) is 12.1 Å². The average Bonchev–Trinajstić information content (AvgIpc) is 2.27. The van der Waals surface area contributed by atoms with Crippen LogP contribution in [0.4, 0.5) is 5.82 Å². The lowest BCUT2D eigenvalue weighted by Gasteiger charge is -2.09. The van der Waals surface area contributed by atoms with Crippen molar-refractivity contribution < 1.29 is 4.74 Å². The molecule has 4 nitrogen and oxygen atoms in total. The third-order valence-corrected chi connectivity index (χ3v) is 2.37. The van der Waals surface area contributed by atoms with Crippen LogP contribution in [0.1, 0.15) is 5.56 Å². The maximum absolute atomic E-state index is 5.80. The van der Waals surface area contributed by atoms with Gasteiger partial charge in [-0.2, -0.15) is 0 Å². The normalized spacial score (nSPS) is 9.29. The molecule has 0 radical (unpaired) electrons. The van der Waals surface area contributed by atoms with Crippen molar-refractivity contribution in [1.82, 2.24) is 4.98 Å². The molecular weight excluding hydrogens is 261 g/mol. The maximum Gasteiger partial charge on any atom is 0.134 e. The van der Waals surface area contributed by atoms with Crippen molar-refractivity contribution in [3.63, 3.8) is 0 Å². The molecule has 1 aromatic carbocycles. The number of hydrogen-bond acceptors (Lipinski definition) is 4. The van der Waals surface area contributed by atoms with Crippen LogP contribution in [-0.2, 0) is 6.54 Å². The number of halogens is 2. The maximum atomic E-state index is 5.80. The molecule has 6 heteroatoms. The highest BCUT2D eigenvalue weighted by Gasteiger charge is 2.07. The summed E-state index contributed by atoms with van der Waals surface area (Å²) in [5.41, 5.74) is 12.4. The second kappa shape index (κ2) is 6.49. The molecule has 0 spiro atoms. The number of anilines is 1. The summed E-state index contributed by atoms with van der Waals surface area (Å²) in [6, 6.07) is 5.78. The molecule has 4 N–H and O–H groups in total. The van der Waals surface area contributed by atoms with E-state index in [-0.39, 0.29) is 24.8 Å². The fraction of sp³-hybridized carbons (Fsp3) is 0.182. The summed E-state index contributed by atoms with van der Waals surface area (Å²) in [5.74, 6) is 1.20. The van der Waals surface area contributed by atoms with Gasteiger partial charge in [0.2, 0.25) is 0 Å². The quantitative estimate of drug-likeness (QED) is 0.881. The van der Waals surface area contributed by atoms with Crippen LogP contribution >= 0.6 is 24.8 Å². The predicted molar refractivity (Wildman–Crippen MR) is 75.1 cm³/mol. The Morgan fingerprint density at radius 3 is 2.59 bits per heavy atom. The van der Waals surface area contributed by atoms with Gasteiger partial charge in [-0.1, -0.05) is 0 Å². The zero-order valence-corrected chi connectivity index (χ0v) is 11.0. The molecule has 2 rings (SSSR count). The SMILES string of the molecule is COc1cc(CN)cc2ccnc(N)c12.Cl.Cl. The van der Waals surface area contributed by atoms with Crippen LogP contribution in [0.3, 0.4) is 0 Å². The molecule has 0 aliphatic heterocycles. The van der Waals surface area contributed by atoms with E-state index in [2.05, 4.69) is 4.98 Å². The first kappa shape index (κ1) is 15.8. The third-order valence-electron chi connectivity index (χ3n) is 2.37. The van der Waals surface area contributed by atoms with E-state index in [4.69, 9.17) is 16.2 Å². The van der Waals surface area contributed by atoms with E-state index in [0.29, 0.717) is 12.4 Å². The van der Waals surface area contributed by atoms with Crippen LogP contribution in [0, 0.1) is 0 Å². The largest absolute Gasteiger partial charge is 0.496 e. The zero-order chi connectivity index (χ0) is 10.8. The highest BCUT2D eigenvalue weighted by Crippen LogP contribution is 2.30. The average molecular weight is 276 g/mol. The van der Waals surface area contributed by atoms with Crippen molar-refractivity contribution in [3.8, 4) is 5.75 Å². The monoisotopic (exact) mass is 275 g/mol. The summed E-state index contributed by atoms with van der Waals surface area (Å²) in [5, 5.41) is 1.85. The minimum Gasteiger partial charge on any atom is -0.496 e. The number of pyridine rings is 1. The van der Waals surface area contributed by atoms with Crippen LogP contribution < -0.4 is 16.2 Å². The van der Waals surface area contributed by atoms with E-state index in [1.54, 1.807) is 13.3 Å². The molecule has 94 valence electrons. The number of rotatable bonds is 2. The molecule has 2 aromatic rings. The Morgan fingerprint density at radius 2 is 2.00 bits per heavy atom. The number of nitrogen functional groups attached to an aromatic ring is 1. The van der Waals surface area contributed by atoms with Gasteiger partial charge >= 0.3 is 0 Å². The molecule has 0 aliphatic rings. The summed E-state index contributed by atoms with van der Waals surface area (Å²) in [6.45, 7) is 0.481. The van der Waals surface area contributed by atoms with Gasteiger partial charge in [0.25, 0.3) is 0 Å². The van der Waals surface area contributed by atoms with Gasteiger partial charge in [-0.15, -0.1) is 24.8 Å². The van der Waals surface area contributed by atoms with Crippen LogP contribution in [0.2, 0.25) is 0 Å². The van der Waals surface area contributed by atoms with Crippen molar-refractivity contribution in [1.29, 1.82) is 0 Å². The van der Waals surface area contributed by atoms with E-state index in [9.17, 15) is 0 Å². The Bertz CT molecular complexity index is 505.